The zero-order valence-electron chi connectivity index (χ0n) is 25.1. The molecular formula is C37H45F3O2. The van der Waals surface area contributed by atoms with Crippen LogP contribution in [-0.2, 0) is 15.9 Å². The van der Waals surface area contributed by atoms with Crippen molar-refractivity contribution in [3.63, 3.8) is 0 Å². The fourth-order valence-corrected chi connectivity index (χ4v) is 5.60. The second-order valence-corrected chi connectivity index (χ2v) is 11.5. The van der Waals surface area contributed by atoms with Crippen LogP contribution in [0.2, 0.25) is 0 Å². The van der Waals surface area contributed by atoms with Crippen LogP contribution in [0.1, 0.15) is 95.5 Å². The summed E-state index contributed by atoms with van der Waals surface area (Å²) in [5.74, 6) is -1.64. The quantitative estimate of drug-likeness (QED) is 0.132. The molecule has 0 amide bonds. The van der Waals surface area contributed by atoms with Crippen molar-refractivity contribution in [3.05, 3.63) is 95.3 Å². The van der Waals surface area contributed by atoms with Crippen LogP contribution in [0.3, 0.4) is 0 Å². The van der Waals surface area contributed by atoms with Crippen molar-refractivity contribution >= 4 is 0 Å². The summed E-state index contributed by atoms with van der Waals surface area (Å²) in [4.78, 5) is 0. The van der Waals surface area contributed by atoms with Gasteiger partial charge in [0.15, 0.2) is 17.9 Å². The lowest BCUT2D eigenvalue weighted by atomic mass is 9.96. The summed E-state index contributed by atoms with van der Waals surface area (Å²) in [5.41, 5.74) is 2.92. The van der Waals surface area contributed by atoms with E-state index in [0.717, 1.165) is 32.1 Å². The highest BCUT2D eigenvalue weighted by Gasteiger charge is 2.24. The summed E-state index contributed by atoms with van der Waals surface area (Å²) < 4.78 is 56.8. The zero-order valence-corrected chi connectivity index (χ0v) is 25.1. The molecule has 0 aliphatic carbocycles. The van der Waals surface area contributed by atoms with E-state index in [4.69, 9.17) is 9.47 Å². The van der Waals surface area contributed by atoms with Gasteiger partial charge in [-0.15, -0.1) is 0 Å². The van der Waals surface area contributed by atoms with Crippen LogP contribution >= 0.6 is 0 Å². The van der Waals surface area contributed by atoms with Gasteiger partial charge in [0.2, 0.25) is 0 Å². The topological polar surface area (TPSA) is 18.5 Å². The van der Waals surface area contributed by atoms with Crippen molar-refractivity contribution in [2.24, 2.45) is 5.92 Å². The first-order valence-electron chi connectivity index (χ1n) is 15.7. The standard InChI is InChI=1S/C37H45F3O2/c1-3-5-7-8-9-10-11-13-15-30-20-23-33(36(40)35(30)39)29-18-16-28(17-19-29)32-22-21-31(24-34(32)38)37-41-25-27(26-42-37)14-12-6-4-2/h4,6,16-24,27,37H,3,5,7-15,25-26H2,1-2H3. The van der Waals surface area contributed by atoms with E-state index < -0.39 is 17.9 Å². The fourth-order valence-electron chi connectivity index (χ4n) is 5.60. The van der Waals surface area contributed by atoms with Crippen LogP contribution in [0.15, 0.2) is 66.7 Å². The van der Waals surface area contributed by atoms with Crippen molar-refractivity contribution < 1.29 is 22.6 Å². The lowest BCUT2D eigenvalue weighted by Crippen LogP contribution is -2.27. The van der Waals surface area contributed by atoms with Crippen molar-refractivity contribution in [1.29, 1.82) is 0 Å². The number of halogens is 3. The van der Waals surface area contributed by atoms with Gasteiger partial charge in [0.25, 0.3) is 0 Å². The van der Waals surface area contributed by atoms with E-state index in [0.29, 0.717) is 53.4 Å². The summed E-state index contributed by atoms with van der Waals surface area (Å²) in [6.45, 7) is 5.39. The number of ether oxygens (including phenoxy) is 2. The normalized spacial score (nSPS) is 17.3. The number of allylic oxidation sites excluding steroid dienone is 2. The molecule has 1 aliphatic rings. The molecule has 0 spiro atoms. The van der Waals surface area contributed by atoms with Crippen LogP contribution in [0, 0.1) is 23.4 Å². The highest BCUT2D eigenvalue weighted by Crippen LogP contribution is 2.33. The van der Waals surface area contributed by atoms with E-state index in [9.17, 15) is 4.39 Å². The molecule has 0 atom stereocenters. The molecule has 5 heteroatoms. The molecule has 0 radical (unpaired) electrons. The van der Waals surface area contributed by atoms with E-state index in [1.54, 1.807) is 42.5 Å². The molecular weight excluding hydrogens is 533 g/mol. The molecule has 4 rings (SSSR count). The molecule has 0 saturated carbocycles. The SMILES string of the molecule is CC=CCCC1COC(c2ccc(-c3ccc(-c4ccc(CCCCCCCCCC)c(F)c4F)cc3)c(F)c2)OC1. The Kier molecular flexibility index (Phi) is 12.7. The first-order chi connectivity index (χ1) is 20.5. The second kappa shape index (κ2) is 16.7. The zero-order chi connectivity index (χ0) is 29.7. The Morgan fingerprint density at radius 1 is 0.738 bits per heavy atom. The average Bonchev–Trinajstić information content (AvgIpc) is 3.01. The Hall–Kier alpha value is -2.89. The van der Waals surface area contributed by atoms with Crippen molar-refractivity contribution in [1.82, 2.24) is 0 Å². The minimum absolute atomic E-state index is 0.213. The van der Waals surface area contributed by atoms with Gasteiger partial charge in [-0.25, -0.2) is 13.2 Å². The maximum absolute atomic E-state index is 15.1. The highest BCUT2D eigenvalue weighted by atomic mass is 19.2. The number of hydrogen-bond acceptors (Lipinski definition) is 2. The average molecular weight is 579 g/mol. The Balaban J connectivity index is 1.33. The second-order valence-electron chi connectivity index (χ2n) is 11.5. The van der Waals surface area contributed by atoms with Crippen LogP contribution < -0.4 is 0 Å². The third-order valence-electron chi connectivity index (χ3n) is 8.18. The third kappa shape index (κ3) is 8.81. The third-order valence-corrected chi connectivity index (χ3v) is 8.18. The Morgan fingerprint density at radius 3 is 2.00 bits per heavy atom. The maximum Gasteiger partial charge on any atom is 0.183 e. The van der Waals surface area contributed by atoms with E-state index in [1.807, 2.05) is 19.1 Å². The van der Waals surface area contributed by atoms with Gasteiger partial charge in [0, 0.05) is 22.6 Å². The van der Waals surface area contributed by atoms with Gasteiger partial charge in [-0.3, -0.25) is 0 Å². The van der Waals surface area contributed by atoms with Gasteiger partial charge in [0.05, 0.1) is 13.2 Å². The Bertz CT molecular complexity index is 1280. The molecule has 2 nitrogen and oxygen atoms in total. The fraction of sp³-hybridized carbons (Fsp3) is 0.459. The molecule has 1 aliphatic heterocycles. The van der Waals surface area contributed by atoms with Crippen molar-refractivity contribution in [2.75, 3.05) is 13.2 Å². The van der Waals surface area contributed by atoms with Crippen LogP contribution in [0.5, 0.6) is 0 Å². The number of rotatable bonds is 15. The Morgan fingerprint density at radius 2 is 1.36 bits per heavy atom. The lowest BCUT2D eigenvalue weighted by Gasteiger charge is -2.29. The molecule has 42 heavy (non-hydrogen) atoms. The molecule has 3 aromatic rings. The van der Waals surface area contributed by atoms with Gasteiger partial charge in [-0.2, -0.15) is 0 Å². The molecule has 1 heterocycles. The van der Waals surface area contributed by atoms with Crippen molar-refractivity contribution in [3.8, 4) is 22.3 Å². The molecule has 0 N–H and O–H groups in total. The van der Waals surface area contributed by atoms with Gasteiger partial charge < -0.3 is 9.47 Å². The van der Waals surface area contributed by atoms with Crippen LogP contribution in [0.25, 0.3) is 22.3 Å². The van der Waals surface area contributed by atoms with Gasteiger partial charge in [-0.1, -0.05) is 113 Å². The van der Waals surface area contributed by atoms with Crippen molar-refractivity contribution in [2.45, 2.75) is 90.8 Å². The van der Waals surface area contributed by atoms with Gasteiger partial charge in [-0.05, 0) is 55.4 Å². The maximum atomic E-state index is 15.1. The van der Waals surface area contributed by atoms with E-state index in [2.05, 4.69) is 13.0 Å². The summed E-state index contributed by atoms with van der Waals surface area (Å²) in [7, 11) is 0. The molecule has 0 bridgehead atoms. The smallest absolute Gasteiger partial charge is 0.183 e. The molecule has 3 aromatic carbocycles. The van der Waals surface area contributed by atoms with E-state index in [1.165, 1.54) is 38.2 Å². The molecule has 1 saturated heterocycles. The molecule has 0 aromatic heterocycles. The first kappa shape index (κ1) is 32.0. The van der Waals surface area contributed by atoms with Crippen LogP contribution in [0.4, 0.5) is 13.2 Å². The van der Waals surface area contributed by atoms with Gasteiger partial charge in [0.1, 0.15) is 5.82 Å². The molecule has 1 fully saturated rings. The number of hydrogen-bond donors (Lipinski definition) is 0. The van der Waals surface area contributed by atoms with Crippen LogP contribution in [-0.4, -0.2) is 13.2 Å². The minimum atomic E-state index is -0.827. The van der Waals surface area contributed by atoms with E-state index in [-0.39, 0.29) is 11.4 Å². The summed E-state index contributed by atoms with van der Waals surface area (Å²) >= 11 is 0. The predicted molar refractivity (Wildman–Crippen MR) is 166 cm³/mol. The highest BCUT2D eigenvalue weighted by molar-refractivity contribution is 5.71. The predicted octanol–water partition coefficient (Wildman–Crippen LogP) is 11.1. The van der Waals surface area contributed by atoms with Gasteiger partial charge >= 0.3 is 0 Å². The lowest BCUT2D eigenvalue weighted by molar-refractivity contribution is -0.205. The number of unbranched alkanes of at least 4 members (excludes halogenated alkanes) is 7. The number of aryl methyl sites for hydroxylation is 1. The summed E-state index contributed by atoms with van der Waals surface area (Å²) in [6.07, 6.45) is 15.4. The molecule has 226 valence electrons. The number of benzene rings is 3. The first-order valence-corrected chi connectivity index (χ1v) is 15.7. The summed E-state index contributed by atoms with van der Waals surface area (Å²) in [6, 6.07) is 15.2. The monoisotopic (exact) mass is 578 g/mol. The minimum Gasteiger partial charge on any atom is -0.348 e. The molecule has 0 unspecified atom stereocenters. The Labute approximate surface area is 250 Å². The largest absolute Gasteiger partial charge is 0.348 e. The van der Waals surface area contributed by atoms with E-state index >= 15 is 8.78 Å². The summed E-state index contributed by atoms with van der Waals surface area (Å²) in [5, 5.41) is 0.